The van der Waals surface area contributed by atoms with Gasteiger partial charge >= 0.3 is 6.61 Å². The predicted octanol–water partition coefficient (Wildman–Crippen LogP) is 4.91. The molecule has 0 bridgehead atoms. The number of nitrogens with one attached hydrogen (secondary N) is 1. The fourth-order valence-corrected chi connectivity index (χ4v) is 3.39. The number of halogens is 2. The summed E-state index contributed by atoms with van der Waals surface area (Å²) in [5, 5.41) is 0. The Bertz CT molecular complexity index is 821. The maximum absolute atomic E-state index is 12.5. The monoisotopic (exact) mass is 369 g/mol. The van der Waals surface area contributed by atoms with Gasteiger partial charge in [0, 0.05) is 0 Å². The van der Waals surface area contributed by atoms with Gasteiger partial charge in [0.05, 0.1) is 10.6 Å². The minimum absolute atomic E-state index is 0.0306. The molecule has 0 spiro atoms. The Labute approximate surface area is 146 Å². The average molecular weight is 369 g/mol. The van der Waals surface area contributed by atoms with Gasteiger partial charge in [0.25, 0.3) is 10.0 Å². The van der Waals surface area contributed by atoms with E-state index in [2.05, 4.69) is 23.3 Å². The van der Waals surface area contributed by atoms with E-state index in [1.54, 1.807) is 25.1 Å². The van der Waals surface area contributed by atoms with Gasteiger partial charge in [-0.2, -0.15) is 8.78 Å². The van der Waals surface area contributed by atoms with E-state index in [9.17, 15) is 17.2 Å². The maximum atomic E-state index is 12.5. The van der Waals surface area contributed by atoms with Crippen LogP contribution in [0.1, 0.15) is 37.3 Å². The Hall–Kier alpha value is -2.15. The highest BCUT2D eigenvalue weighted by Gasteiger charge is 2.18. The molecule has 0 saturated carbocycles. The first kappa shape index (κ1) is 19.2. The lowest BCUT2D eigenvalue weighted by atomic mass is 9.99. The third kappa shape index (κ3) is 4.92. The van der Waals surface area contributed by atoms with Crippen LogP contribution in [0, 0.1) is 6.92 Å². The van der Waals surface area contributed by atoms with Crippen molar-refractivity contribution in [2.45, 2.75) is 44.6 Å². The van der Waals surface area contributed by atoms with Gasteiger partial charge in [0.15, 0.2) is 0 Å². The van der Waals surface area contributed by atoms with Crippen LogP contribution in [0.25, 0.3) is 0 Å². The molecule has 1 atom stereocenters. The van der Waals surface area contributed by atoms with Crippen LogP contribution in [0.3, 0.4) is 0 Å². The van der Waals surface area contributed by atoms with Crippen molar-refractivity contribution < 1.29 is 21.9 Å². The van der Waals surface area contributed by atoms with E-state index >= 15 is 0 Å². The van der Waals surface area contributed by atoms with Crippen LogP contribution in [0.5, 0.6) is 5.75 Å². The van der Waals surface area contributed by atoms with Crippen LogP contribution in [0.15, 0.2) is 47.4 Å². The Kier molecular flexibility index (Phi) is 6.00. The normalized spacial score (nSPS) is 12.9. The minimum Gasteiger partial charge on any atom is -0.433 e. The highest BCUT2D eigenvalue weighted by Crippen LogP contribution is 2.30. The molecule has 0 aromatic heterocycles. The van der Waals surface area contributed by atoms with E-state index in [-0.39, 0.29) is 16.3 Å². The molecule has 0 saturated heterocycles. The van der Waals surface area contributed by atoms with E-state index in [1.165, 1.54) is 24.3 Å². The lowest BCUT2D eigenvalue weighted by Gasteiger charge is -2.14. The van der Waals surface area contributed by atoms with Crippen LogP contribution < -0.4 is 9.46 Å². The van der Waals surface area contributed by atoms with Crippen molar-refractivity contribution in [3.8, 4) is 5.75 Å². The molecule has 2 rings (SSSR count). The van der Waals surface area contributed by atoms with Crippen LogP contribution in [0.2, 0.25) is 0 Å². The van der Waals surface area contributed by atoms with Crippen LogP contribution in [-0.2, 0) is 10.0 Å². The Morgan fingerprint density at radius 1 is 1.12 bits per heavy atom. The van der Waals surface area contributed by atoms with Crippen LogP contribution >= 0.6 is 0 Å². The van der Waals surface area contributed by atoms with Gasteiger partial charge in [-0.3, -0.25) is 4.72 Å². The number of alkyl halides is 2. The summed E-state index contributed by atoms with van der Waals surface area (Å²) in [5.74, 6) is 0.114. The molecule has 25 heavy (non-hydrogen) atoms. The Morgan fingerprint density at radius 2 is 1.76 bits per heavy atom. The number of anilines is 1. The molecule has 0 radical (unpaired) electrons. The number of hydrogen-bond acceptors (Lipinski definition) is 3. The van der Waals surface area contributed by atoms with Crippen molar-refractivity contribution >= 4 is 15.7 Å². The highest BCUT2D eigenvalue weighted by atomic mass is 32.2. The Balaban J connectivity index is 2.29. The summed E-state index contributed by atoms with van der Waals surface area (Å²) < 4.78 is 56.9. The summed E-state index contributed by atoms with van der Waals surface area (Å²) >= 11 is 0. The van der Waals surface area contributed by atoms with Gasteiger partial charge in [-0.1, -0.05) is 32.0 Å². The van der Waals surface area contributed by atoms with Gasteiger partial charge < -0.3 is 4.74 Å². The third-order valence-corrected chi connectivity index (χ3v) is 5.35. The van der Waals surface area contributed by atoms with Crippen molar-refractivity contribution in [1.29, 1.82) is 0 Å². The fourth-order valence-electron chi connectivity index (χ4n) is 2.32. The van der Waals surface area contributed by atoms with Gasteiger partial charge in [-0.15, -0.1) is 0 Å². The second-order valence-electron chi connectivity index (χ2n) is 5.86. The number of ether oxygens (including phenoxy) is 1. The molecule has 1 unspecified atom stereocenters. The lowest BCUT2D eigenvalue weighted by Crippen LogP contribution is -2.15. The molecule has 4 nitrogen and oxygen atoms in total. The number of hydrogen-bond donors (Lipinski definition) is 1. The zero-order valence-corrected chi connectivity index (χ0v) is 15.1. The highest BCUT2D eigenvalue weighted by molar-refractivity contribution is 7.92. The molecule has 0 aliphatic rings. The minimum atomic E-state index is -3.91. The standard InChI is InChI=1S/C18H21F2NO3S/c1-4-13(3)14-6-8-15(9-7-14)25(22,23)21-16-10-5-12(2)11-17(16)24-18(19)20/h5-11,13,18,21H,4H2,1-3H3. The molecule has 1 N–H and O–H groups in total. The van der Waals surface area contributed by atoms with Crippen LogP contribution in [-0.4, -0.2) is 15.0 Å². The predicted molar refractivity (Wildman–Crippen MR) is 93.8 cm³/mol. The van der Waals surface area contributed by atoms with Crippen molar-refractivity contribution in [1.82, 2.24) is 0 Å². The number of benzene rings is 2. The van der Waals surface area contributed by atoms with Gasteiger partial charge in [-0.25, -0.2) is 8.42 Å². The lowest BCUT2D eigenvalue weighted by molar-refractivity contribution is -0.0493. The molecule has 2 aromatic rings. The van der Waals surface area contributed by atoms with Crippen molar-refractivity contribution in [3.63, 3.8) is 0 Å². The number of aryl methyl sites for hydroxylation is 1. The largest absolute Gasteiger partial charge is 0.433 e. The molecule has 0 heterocycles. The number of rotatable bonds is 7. The molecule has 136 valence electrons. The van der Waals surface area contributed by atoms with E-state index in [1.807, 2.05) is 0 Å². The maximum Gasteiger partial charge on any atom is 0.387 e. The summed E-state index contributed by atoms with van der Waals surface area (Å²) in [7, 11) is -3.91. The Morgan fingerprint density at radius 3 is 2.32 bits per heavy atom. The quantitative estimate of drug-likeness (QED) is 0.754. The van der Waals surface area contributed by atoms with E-state index in [0.29, 0.717) is 11.5 Å². The van der Waals surface area contributed by atoms with E-state index in [0.717, 1.165) is 12.0 Å². The van der Waals surface area contributed by atoms with E-state index < -0.39 is 16.6 Å². The van der Waals surface area contributed by atoms with Crippen LogP contribution in [0.4, 0.5) is 14.5 Å². The summed E-state index contributed by atoms with van der Waals surface area (Å²) in [5.41, 5.74) is 1.69. The average Bonchev–Trinajstić information content (AvgIpc) is 2.56. The summed E-state index contributed by atoms with van der Waals surface area (Å²) in [4.78, 5) is 0.0584. The first-order chi connectivity index (χ1) is 11.7. The summed E-state index contributed by atoms with van der Waals surface area (Å²) in [6.45, 7) is 2.77. The molecule has 0 aliphatic heterocycles. The van der Waals surface area contributed by atoms with Crippen molar-refractivity contribution in [3.05, 3.63) is 53.6 Å². The van der Waals surface area contributed by atoms with Gasteiger partial charge in [0.2, 0.25) is 0 Å². The SMILES string of the molecule is CCC(C)c1ccc(S(=O)(=O)Nc2ccc(C)cc2OC(F)F)cc1. The second-order valence-corrected chi connectivity index (χ2v) is 7.54. The molecular formula is C18H21F2NO3S. The smallest absolute Gasteiger partial charge is 0.387 e. The first-order valence-corrected chi connectivity index (χ1v) is 9.39. The van der Waals surface area contributed by atoms with E-state index in [4.69, 9.17) is 0 Å². The molecule has 2 aromatic carbocycles. The van der Waals surface area contributed by atoms with Gasteiger partial charge in [0.1, 0.15) is 5.75 Å². The summed E-state index contributed by atoms with van der Waals surface area (Å²) in [6.07, 6.45) is 0.946. The molecule has 0 aliphatic carbocycles. The zero-order valence-electron chi connectivity index (χ0n) is 14.3. The van der Waals surface area contributed by atoms with Crippen molar-refractivity contribution in [2.24, 2.45) is 0 Å². The molecular weight excluding hydrogens is 348 g/mol. The number of sulfonamides is 1. The van der Waals surface area contributed by atoms with Crippen molar-refractivity contribution in [2.75, 3.05) is 4.72 Å². The zero-order chi connectivity index (χ0) is 18.6. The first-order valence-electron chi connectivity index (χ1n) is 7.91. The fraction of sp³-hybridized carbons (Fsp3) is 0.333. The van der Waals surface area contributed by atoms with Gasteiger partial charge in [-0.05, 0) is 54.7 Å². The topological polar surface area (TPSA) is 55.4 Å². The third-order valence-electron chi connectivity index (χ3n) is 3.97. The second kappa shape index (κ2) is 7.82. The molecule has 0 fully saturated rings. The molecule has 7 heteroatoms. The summed E-state index contributed by atoms with van der Waals surface area (Å²) in [6, 6.07) is 10.9. The molecule has 0 amide bonds.